The maximum atomic E-state index is 12.7. The second-order valence-electron chi connectivity index (χ2n) is 7.01. The predicted octanol–water partition coefficient (Wildman–Crippen LogP) is 1.67. The van der Waals surface area contributed by atoms with Crippen LogP contribution in [0, 0.1) is 4.77 Å². The van der Waals surface area contributed by atoms with Crippen LogP contribution in [0.15, 0.2) is 29.4 Å². The molecule has 10 heteroatoms. The molecule has 1 aliphatic carbocycles. The van der Waals surface area contributed by atoms with Gasteiger partial charge in [-0.3, -0.25) is 9.88 Å². The smallest absolute Gasteiger partial charge is 0.244 e. The Balaban J connectivity index is 1.42. The largest absolute Gasteiger partial charge is 0.304 e. The van der Waals surface area contributed by atoms with E-state index in [-0.39, 0.29) is 4.90 Å². The monoisotopic (exact) mass is 408 g/mol. The van der Waals surface area contributed by atoms with E-state index in [0.29, 0.717) is 38.8 Å². The van der Waals surface area contributed by atoms with Crippen molar-refractivity contribution >= 4 is 22.2 Å². The SMILES string of the molecule is CCn1c(C2CC2)nn(CN2CCN(S(=O)(=O)c3cccnc3)CC2)c1=S. The van der Waals surface area contributed by atoms with Gasteiger partial charge in [0.15, 0.2) is 4.77 Å². The number of aromatic nitrogens is 4. The molecule has 0 radical (unpaired) electrons. The molecule has 0 atom stereocenters. The van der Waals surface area contributed by atoms with Gasteiger partial charge < -0.3 is 4.57 Å². The van der Waals surface area contributed by atoms with Crippen molar-refractivity contribution in [2.24, 2.45) is 0 Å². The molecule has 0 amide bonds. The number of rotatable bonds is 6. The molecule has 1 saturated carbocycles. The van der Waals surface area contributed by atoms with E-state index in [1.807, 2.05) is 4.68 Å². The van der Waals surface area contributed by atoms with Crippen molar-refractivity contribution in [1.29, 1.82) is 0 Å². The molecule has 8 nitrogen and oxygen atoms in total. The fraction of sp³-hybridized carbons (Fsp3) is 0.588. The van der Waals surface area contributed by atoms with Gasteiger partial charge in [0.25, 0.3) is 0 Å². The minimum Gasteiger partial charge on any atom is -0.304 e. The third-order valence-electron chi connectivity index (χ3n) is 5.15. The van der Waals surface area contributed by atoms with Crippen molar-refractivity contribution in [2.75, 3.05) is 26.2 Å². The highest BCUT2D eigenvalue weighted by Gasteiger charge is 2.31. The summed E-state index contributed by atoms with van der Waals surface area (Å²) in [6.45, 7) is 5.74. The van der Waals surface area contributed by atoms with E-state index in [1.54, 1.807) is 18.3 Å². The third-order valence-corrected chi connectivity index (χ3v) is 7.46. The van der Waals surface area contributed by atoms with Crippen LogP contribution in [-0.2, 0) is 23.2 Å². The first kappa shape index (κ1) is 18.7. The van der Waals surface area contributed by atoms with Crippen LogP contribution in [0.2, 0.25) is 0 Å². The van der Waals surface area contributed by atoms with Crippen LogP contribution in [-0.4, -0.2) is 63.1 Å². The summed E-state index contributed by atoms with van der Waals surface area (Å²) in [5.74, 6) is 1.65. The lowest BCUT2D eigenvalue weighted by Crippen LogP contribution is -2.48. The highest BCUT2D eigenvalue weighted by Crippen LogP contribution is 2.39. The minimum atomic E-state index is -3.48. The second-order valence-corrected chi connectivity index (χ2v) is 9.31. The van der Waals surface area contributed by atoms with Crippen molar-refractivity contribution in [3.05, 3.63) is 35.1 Å². The molecule has 3 heterocycles. The van der Waals surface area contributed by atoms with Crippen LogP contribution in [0.5, 0.6) is 0 Å². The Morgan fingerprint density at radius 1 is 1.22 bits per heavy atom. The predicted molar refractivity (Wildman–Crippen MR) is 103 cm³/mol. The van der Waals surface area contributed by atoms with Gasteiger partial charge in [-0.2, -0.15) is 9.40 Å². The molecule has 0 aromatic carbocycles. The Bertz CT molecular complexity index is 957. The molecular weight excluding hydrogens is 384 g/mol. The van der Waals surface area contributed by atoms with Crippen LogP contribution in [0.4, 0.5) is 0 Å². The lowest BCUT2D eigenvalue weighted by atomic mass is 10.4. The van der Waals surface area contributed by atoms with Gasteiger partial charge >= 0.3 is 0 Å². The van der Waals surface area contributed by atoms with E-state index in [4.69, 9.17) is 17.3 Å². The Labute approximate surface area is 164 Å². The zero-order valence-electron chi connectivity index (χ0n) is 15.4. The summed E-state index contributed by atoms with van der Waals surface area (Å²) in [5.41, 5.74) is 0. The van der Waals surface area contributed by atoms with E-state index in [0.717, 1.165) is 17.1 Å². The molecule has 1 aliphatic heterocycles. The number of pyridine rings is 1. The van der Waals surface area contributed by atoms with E-state index in [1.165, 1.54) is 23.3 Å². The van der Waals surface area contributed by atoms with Crippen LogP contribution in [0.1, 0.15) is 31.5 Å². The lowest BCUT2D eigenvalue weighted by molar-refractivity contribution is 0.144. The fourth-order valence-corrected chi connectivity index (χ4v) is 5.15. The number of sulfonamides is 1. The molecule has 0 unspecified atom stereocenters. The zero-order chi connectivity index (χ0) is 19.0. The molecule has 146 valence electrons. The molecule has 1 saturated heterocycles. The van der Waals surface area contributed by atoms with Crippen LogP contribution < -0.4 is 0 Å². The summed E-state index contributed by atoms with van der Waals surface area (Å²) in [6, 6.07) is 3.23. The van der Waals surface area contributed by atoms with Gasteiger partial charge in [-0.1, -0.05) is 0 Å². The van der Waals surface area contributed by atoms with Crippen molar-refractivity contribution in [3.8, 4) is 0 Å². The molecule has 0 bridgehead atoms. The van der Waals surface area contributed by atoms with Crippen LogP contribution >= 0.6 is 12.2 Å². The molecule has 4 rings (SSSR count). The summed E-state index contributed by atoms with van der Waals surface area (Å²) >= 11 is 5.60. The first-order chi connectivity index (χ1) is 13.0. The Kier molecular flexibility index (Phi) is 5.15. The van der Waals surface area contributed by atoms with Crippen molar-refractivity contribution in [2.45, 2.75) is 43.8 Å². The summed E-state index contributed by atoms with van der Waals surface area (Å²) < 4.78 is 31.7. The molecule has 27 heavy (non-hydrogen) atoms. The fourth-order valence-electron chi connectivity index (χ4n) is 3.44. The third kappa shape index (κ3) is 3.71. The number of hydrogen-bond acceptors (Lipinski definition) is 6. The van der Waals surface area contributed by atoms with Crippen molar-refractivity contribution in [1.82, 2.24) is 28.5 Å². The Hall–Kier alpha value is -1.62. The average Bonchev–Trinajstić information content (AvgIpc) is 3.48. The first-order valence-electron chi connectivity index (χ1n) is 9.30. The molecule has 2 fully saturated rings. The quantitative estimate of drug-likeness (QED) is 0.677. The van der Waals surface area contributed by atoms with Crippen LogP contribution in [0.25, 0.3) is 0 Å². The highest BCUT2D eigenvalue weighted by atomic mass is 32.2. The summed E-state index contributed by atoms with van der Waals surface area (Å²) in [6.07, 6.45) is 5.36. The van der Waals surface area contributed by atoms with Crippen LogP contribution in [0.3, 0.4) is 0 Å². The normalized spacial score (nSPS) is 19.4. The van der Waals surface area contributed by atoms with Gasteiger partial charge in [-0.05, 0) is 44.1 Å². The van der Waals surface area contributed by atoms with Gasteiger partial charge in [0.2, 0.25) is 10.0 Å². The summed E-state index contributed by atoms with van der Waals surface area (Å²) in [7, 11) is -3.48. The highest BCUT2D eigenvalue weighted by molar-refractivity contribution is 7.89. The van der Waals surface area contributed by atoms with Crippen molar-refractivity contribution in [3.63, 3.8) is 0 Å². The molecule has 2 aromatic heterocycles. The molecular formula is C17H24N6O2S2. The second kappa shape index (κ2) is 7.42. The molecule has 2 aliphatic rings. The minimum absolute atomic E-state index is 0.247. The first-order valence-corrected chi connectivity index (χ1v) is 11.2. The summed E-state index contributed by atoms with van der Waals surface area (Å²) in [4.78, 5) is 6.37. The Morgan fingerprint density at radius 2 is 1.96 bits per heavy atom. The Morgan fingerprint density at radius 3 is 2.56 bits per heavy atom. The van der Waals surface area contributed by atoms with Gasteiger partial charge in [0, 0.05) is 51.0 Å². The van der Waals surface area contributed by atoms with E-state index < -0.39 is 10.0 Å². The average molecular weight is 409 g/mol. The van der Waals surface area contributed by atoms with Gasteiger partial charge in [0.05, 0.1) is 6.67 Å². The maximum Gasteiger partial charge on any atom is 0.244 e. The van der Waals surface area contributed by atoms with E-state index >= 15 is 0 Å². The standard InChI is InChI=1S/C17H24N6O2S2/c1-2-22-16(14-5-6-14)19-23(17(22)26)13-20-8-10-21(11-9-20)27(24,25)15-4-3-7-18-12-15/h3-4,7,12,14H,2,5-6,8-11,13H2,1H3. The van der Waals surface area contributed by atoms with E-state index in [2.05, 4.69) is 21.4 Å². The molecule has 0 spiro atoms. The van der Waals surface area contributed by atoms with Gasteiger partial charge in [0.1, 0.15) is 10.7 Å². The number of hydrogen-bond donors (Lipinski definition) is 0. The van der Waals surface area contributed by atoms with Crippen molar-refractivity contribution < 1.29 is 8.42 Å². The molecule has 0 N–H and O–H groups in total. The summed E-state index contributed by atoms with van der Waals surface area (Å²) in [5, 5.41) is 4.75. The van der Waals surface area contributed by atoms with Gasteiger partial charge in [-0.25, -0.2) is 13.1 Å². The number of piperazine rings is 1. The maximum absolute atomic E-state index is 12.7. The number of nitrogens with zero attached hydrogens (tertiary/aromatic N) is 6. The topological polar surface area (TPSA) is 76.3 Å². The van der Waals surface area contributed by atoms with E-state index in [9.17, 15) is 8.42 Å². The molecule has 2 aromatic rings. The lowest BCUT2D eigenvalue weighted by Gasteiger charge is -2.33. The zero-order valence-corrected chi connectivity index (χ0v) is 17.0. The van der Waals surface area contributed by atoms with Gasteiger partial charge in [-0.15, -0.1) is 0 Å².